The molecule has 1 saturated heterocycles. The van der Waals surface area contributed by atoms with Crippen LogP contribution in [0, 0.1) is 11.8 Å². The van der Waals surface area contributed by atoms with E-state index in [0.29, 0.717) is 12.5 Å². The summed E-state index contributed by atoms with van der Waals surface area (Å²) in [5.41, 5.74) is 0. The second-order valence-corrected chi connectivity index (χ2v) is 8.34. The molecule has 0 amide bonds. The molecule has 8 heteroatoms. The molecule has 0 aromatic heterocycles. The predicted molar refractivity (Wildman–Crippen MR) is 110 cm³/mol. The standard InChI is InChI=1S/C13H23NO3.C8H13ClO3/c1-16-13(15)11-9-12(10-11)17-8-7-14-5-3-2-4-6-14;1-11-8(10)6-4-7(5-6)12-3-2-9/h11-12H,2-10H2,1H3;6-7H,2-5H2,1H3. The Balaban J connectivity index is 0.000000221. The summed E-state index contributed by atoms with van der Waals surface area (Å²) < 4.78 is 20.4. The van der Waals surface area contributed by atoms with Crippen LogP contribution in [0.1, 0.15) is 44.9 Å². The number of likely N-dealkylation sites (tertiary alicyclic amines) is 1. The van der Waals surface area contributed by atoms with Crippen molar-refractivity contribution in [3.05, 3.63) is 0 Å². The zero-order valence-corrected chi connectivity index (χ0v) is 18.5. The summed E-state index contributed by atoms with van der Waals surface area (Å²) in [5, 5.41) is 0. The van der Waals surface area contributed by atoms with Crippen LogP contribution in [0.5, 0.6) is 0 Å². The lowest BCUT2D eigenvalue weighted by Crippen LogP contribution is -2.39. The molecule has 0 atom stereocenters. The number of carbonyl (C=O) groups excluding carboxylic acids is 2. The Morgan fingerprint density at radius 2 is 1.31 bits per heavy atom. The second-order valence-electron chi connectivity index (χ2n) is 7.96. The summed E-state index contributed by atoms with van der Waals surface area (Å²) in [6, 6.07) is 0. The van der Waals surface area contributed by atoms with Crippen LogP contribution < -0.4 is 0 Å². The van der Waals surface area contributed by atoms with E-state index in [4.69, 9.17) is 25.8 Å². The van der Waals surface area contributed by atoms with Gasteiger partial charge < -0.3 is 23.8 Å². The average Bonchev–Trinajstić information content (AvgIpc) is 2.69. The summed E-state index contributed by atoms with van der Waals surface area (Å²) in [5.74, 6) is 0.441. The van der Waals surface area contributed by atoms with Crippen LogP contribution in [-0.4, -0.2) is 82.0 Å². The first kappa shape index (κ1) is 24.4. The third-order valence-electron chi connectivity index (χ3n) is 5.90. The Labute approximate surface area is 179 Å². The highest BCUT2D eigenvalue weighted by Crippen LogP contribution is 2.31. The quantitative estimate of drug-likeness (QED) is 0.408. The van der Waals surface area contributed by atoms with E-state index in [1.807, 2.05) is 0 Å². The molecule has 2 saturated carbocycles. The van der Waals surface area contributed by atoms with Gasteiger partial charge in [0.15, 0.2) is 0 Å². The van der Waals surface area contributed by atoms with Gasteiger partial charge in [0, 0.05) is 12.4 Å². The minimum Gasteiger partial charge on any atom is -0.469 e. The maximum atomic E-state index is 11.2. The first-order valence-corrected chi connectivity index (χ1v) is 11.3. The molecule has 0 N–H and O–H groups in total. The Hall–Kier alpha value is -0.890. The molecule has 0 aromatic carbocycles. The first-order valence-electron chi connectivity index (χ1n) is 10.7. The lowest BCUT2D eigenvalue weighted by atomic mass is 9.82. The van der Waals surface area contributed by atoms with Crippen molar-refractivity contribution in [2.75, 3.05) is 52.9 Å². The molecule has 0 radical (unpaired) electrons. The van der Waals surface area contributed by atoms with Gasteiger partial charge in [-0.1, -0.05) is 6.42 Å². The number of halogens is 1. The molecule has 0 unspecified atom stereocenters. The molecule has 2 aliphatic carbocycles. The van der Waals surface area contributed by atoms with Crippen molar-refractivity contribution < 1.29 is 28.5 Å². The molecule has 3 fully saturated rings. The maximum Gasteiger partial charge on any atom is 0.308 e. The molecule has 168 valence electrons. The molecule has 1 aliphatic heterocycles. The highest BCUT2D eigenvalue weighted by Gasteiger charge is 2.36. The predicted octanol–water partition coefficient (Wildman–Crippen LogP) is 2.63. The number of piperidine rings is 1. The topological polar surface area (TPSA) is 74.3 Å². The minimum atomic E-state index is -0.124. The van der Waals surface area contributed by atoms with Crippen molar-refractivity contribution in [1.29, 1.82) is 0 Å². The van der Waals surface area contributed by atoms with E-state index in [1.54, 1.807) is 0 Å². The summed E-state index contributed by atoms with van der Waals surface area (Å²) in [7, 11) is 2.86. The number of nitrogens with zero attached hydrogens (tertiary/aromatic N) is 1. The van der Waals surface area contributed by atoms with E-state index >= 15 is 0 Å². The van der Waals surface area contributed by atoms with E-state index in [9.17, 15) is 9.59 Å². The number of alkyl halides is 1. The summed E-state index contributed by atoms with van der Waals surface area (Å²) in [6.07, 6.45) is 7.77. The van der Waals surface area contributed by atoms with Crippen LogP contribution in [0.3, 0.4) is 0 Å². The fourth-order valence-electron chi connectivity index (χ4n) is 3.86. The summed E-state index contributed by atoms with van der Waals surface area (Å²) >= 11 is 5.44. The lowest BCUT2D eigenvalue weighted by molar-refractivity contribution is -0.155. The molecule has 3 rings (SSSR count). The van der Waals surface area contributed by atoms with Crippen molar-refractivity contribution in [1.82, 2.24) is 4.90 Å². The molecule has 0 aromatic rings. The Morgan fingerprint density at radius 3 is 1.76 bits per heavy atom. The smallest absolute Gasteiger partial charge is 0.308 e. The van der Waals surface area contributed by atoms with E-state index in [1.165, 1.54) is 46.6 Å². The van der Waals surface area contributed by atoms with Crippen molar-refractivity contribution in [2.45, 2.75) is 57.2 Å². The van der Waals surface area contributed by atoms with E-state index in [2.05, 4.69) is 9.64 Å². The molecule has 7 nitrogen and oxygen atoms in total. The lowest BCUT2D eigenvalue weighted by Gasteiger charge is -2.34. The van der Waals surface area contributed by atoms with Crippen LogP contribution in [0.25, 0.3) is 0 Å². The van der Waals surface area contributed by atoms with Gasteiger partial charge in [-0.15, -0.1) is 11.6 Å². The van der Waals surface area contributed by atoms with Crippen molar-refractivity contribution >= 4 is 23.5 Å². The maximum absolute atomic E-state index is 11.2. The molecular weight excluding hydrogens is 398 g/mol. The molecular formula is C21H36ClNO6. The van der Waals surface area contributed by atoms with Crippen LogP contribution in [0.15, 0.2) is 0 Å². The molecule has 1 heterocycles. The van der Waals surface area contributed by atoms with E-state index in [0.717, 1.165) is 38.8 Å². The number of ether oxygens (including phenoxy) is 4. The minimum absolute atomic E-state index is 0.0512. The summed E-state index contributed by atoms with van der Waals surface area (Å²) in [6.45, 7) is 4.86. The van der Waals surface area contributed by atoms with Gasteiger partial charge in [-0.3, -0.25) is 9.59 Å². The van der Waals surface area contributed by atoms with Gasteiger partial charge in [0.05, 0.1) is 51.5 Å². The fraction of sp³-hybridized carbons (Fsp3) is 0.905. The van der Waals surface area contributed by atoms with Gasteiger partial charge in [0.2, 0.25) is 0 Å². The van der Waals surface area contributed by atoms with E-state index in [-0.39, 0.29) is 36.0 Å². The third-order valence-corrected chi connectivity index (χ3v) is 6.05. The molecule has 3 aliphatic rings. The Morgan fingerprint density at radius 1 is 0.828 bits per heavy atom. The molecule has 0 bridgehead atoms. The average molecular weight is 434 g/mol. The largest absolute Gasteiger partial charge is 0.469 e. The summed E-state index contributed by atoms with van der Waals surface area (Å²) in [4.78, 5) is 24.6. The van der Waals surface area contributed by atoms with E-state index < -0.39 is 0 Å². The zero-order chi connectivity index (χ0) is 21.1. The van der Waals surface area contributed by atoms with Gasteiger partial charge >= 0.3 is 11.9 Å². The van der Waals surface area contributed by atoms with Gasteiger partial charge in [-0.25, -0.2) is 0 Å². The highest BCUT2D eigenvalue weighted by molar-refractivity contribution is 6.17. The number of hydrogen-bond acceptors (Lipinski definition) is 7. The Kier molecular flexibility index (Phi) is 11.3. The second kappa shape index (κ2) is 13.4. The Bertz CT molecular complexity index is 488. The molecule has 0 spiro atoms. The van der Waals surface area contributed by atoms with Crippen molar-refractivity contribution in [2.24, 2.45) is 11.8 Å². The van der Waals surface area contributed by atoms with Crippen LogP contribution in [-0.2, 0) is 28.5 Å². The monoisotopic (exact) mass is 433 g/mol. The van der Waals surface area contributed by atoms with Crippen LogP contribution >= 0.6 is 11.6 Å². The normalized spacial score (nSPS) is 28.9. The number of esters is 2. The first-order chi connectivity index (χ1) is 14.1. The number of hydrogen-bond donors (Lipinski definition) is 0. The number of rotatable bonds is 9. The van der Waals surface area contributed by atoms with Crippen LogP contribution in [0.4, 0.5) is 0 Å². The van der Waals surface area contributed by atoms with Crippen molar-refractivity contribution in [3.8, 4) is 0 Å². The highest BCUT2D eigenvalue weighted by atomic mass is 35.5. The third kappa shape index (κ3) is 8.40. The number of carbonyl (C=O) groups is 2. The van der Waals surface area contributed by atoms with Crippen molar-refractivity contribution in [3.63, 3.8) is 0 Å². The van der Waals surface area contributed by atoms with Gasteiger partial charge in [-0.05, 0) is 51.6 Å². The van der Waals surface area contributed by atoms with Gasteiger partial charge in [0.25, 0.3) is 0 Å². The molecule has 29 heavy (non-hydrogen) atoms. The SMILES string of the molecule is COC(=O)C1CC(OCCCl)C1.COC(=O)C1CC(OCCN2CCCCC2)C1. The van der Waals surface area contributed by atoms with Gasteiger partial charge in [-0.2, -0.15) is 0 Å². The zero-order valence-electron chi connectivity index (χ0n) is 17.8. The van der Waals surface area contributed by atoms with Crippen LogP contribution in [0.2, 0.25) is 0 Å². The van der Waals surface area contributed by atoms with Gasteiger partial charge in [0.1, 0.15) is 0 Å². The number of methoxy groups -OCH3 is 2. The fourth-order valence-corrected chi connectivity index (χ4v) is 3.95.